The van der Waals surface area contributed by atoms with Crippen molar-refractivity contribution in [2.75, 3.05) is 5.32 Å². The van der Waals surface area contributed by atoms with E-state index >= 15 is 0 Å². The van der Waals surface area contributed by atoms with E-state index in [4.69, 9.17) is 16.0 Å². The van der Waals surface area contributed by atoms with Crippen LogP contribution in [0.1, 0.15) is 21.7 Å². The number of carbonyl (C=O) groups is 1. The van der Waals surface area contributed by atoms with Gasteiger partial charge in [-0.3, -0.25) is 4.79 Å². The van der Waals surface area contributed by atoms with Gasteiger partial charge in [0.25, 0.3) is 5.91 Å². The summed E-state index contributed by atoms with van der Waals surface area (Å²) in [6.07, 6.45) is 1.31. The second-order valence-corrected chi connectivity index (χ2v) is 8.19. The number of halogens is 1. The number of aryl methyl sites for hydroxylation is 1. The third kappa shape index (κ3) is 3.98. The van der Waals surface area contributed by atoms with E-state index in [1.807, 2.05) is 6.92 Å². The molecule has 1 heterocycles. The Kier molecular flexibility index (Phi) is 5.15. The highest BCUT2D eigenvalue weighted by Gasteiger charge is 2.22. The van der Waals surface area contributed by atoms with E-state index in [1.54, 1.807) is 36.4 Å². The fourth-order valence-corrected chi connectivity index (χ4v) is 4.11. The van der Waals surface area contributed by atoms with Crippen LogP contribution in [-0.4, -0.2) is 14.3 Å². The number of hydrogen-bond donors (Lipinski definition) is 1. The molecule has 0 spiro atoms. The summed E-state index contributed by atoms with van der Waals surface area (Å²) in [5.74, 6) is -0.867. The van der Waals surface area contributed by atoms with Gasteiger partial charge in [-0.2, -0.15) is 0 Å². The Labute approximate surface area is 156 Å². The predicted octanol–water partition coefficient (Wildman–Crippen LogP) is 4.47. The lowest BCUT2D eigenvalue weighted by molar-refractivity contribution is 0.0995. The minimum absolute atomic E-state index is 0.0288. The fraction of sp³-hybridized carbons (Fsp3) is 0.105. The largest absolute Gasteiger partial charge is 0.459 e. The third-order valence-corrected chi connectivity index (χ3v) is 5.75. The van der Waals surface area contributed by atoms with Gasteiger partial charge < -0.3 is 9.73 Å². The van der Waals surface area contributed by atoms with Gasteiger partial charge in [0.15, 0.2) is 15.6 Å². The average Bonchev–Trinajstić information content (AvgIpc) is 3.05. The van der Waals surface area contributed by atoms with Crippen LogP contribution >= 0.6 is 11.6 Å². The summed E-state index contributed by atoms with van der Waals surface area (Å²) in [5, 5.41) is 3.28. The summed E-state index contributed by atoms with van der Waals surface area (Å²) < 4.78 is 30.3. The summed E-state index contributed by atoms with van der Waals surface area (Å²) >= 11 is 5.91. The Hall–Kier alpha value is -2.57. The number of anilines is 1. The molecule has 0 fully saturated rings. The van der Waals surface area contributed by atoms with Crippen LogP contribution in [-0.2, 0) is 15.6 Å². The van der Waals surface area contributed by atoms with Crippen LogP contribution in [0.15, 0.2) is 70.2 Å². The van der Waals surface area contributed by atoms with Gasteiger partial charge in [-0.05, 0) is 48.9 Å². The molecule has 0 bridgehead atoms. The second kappa shape index (κ2) is 7.35. The average molecular weight is 390 g/mol. The topological polar surface area (TPSA) is 76.4 Å². The van der Waals surface area contributed by atoms with E-state index in [2.05, 4.69) is 5.32 Å². The SMILES string of the molecule is Cc1cc(Cl)ccc1NC(=O)c1occc1CS(=O)(=O)c1ccccc1. The van der Waals surface area contributed by atoms with Crippen molar-refractivity contribution in [1.29, 1.82) is 0 Å². The molecular formula is C19H16ClNO4S. The van der Waals surface area contributed by atoms with E-state index in [1.165, 1.54) is 24.5 Å². The van der Waals surface area contributed by atoms with Crippen molar-refractivity contribution in [2.24, 2.45) is 0 Å². The first kappa shape index (κ1) is 18.2. The van der Waals surface area contributed by atoms with Gasteiger partial charge >= 0.3 is 0 Å². The summed E-state index contributed by atoms with van der Waals surface area (Å²) in [6, 6.07) is 14.6. The smallest absolute Gasteiger partial charge is 0.291 e. The molecule has 0 radical (unpaired) electrons. The van der Waals surface area contributed by atoms with Gasteiger partial charge in [0, 0.05) is 16.3 Å². The number of rotatable bonds is 5. The summed E-state index contributed by atoms with van der Waals surface area (Å²) in [4.78, 5) is 12.7. The molecule has 26 heavy (non-hydrogen) atoms. The summed E-state index contributed by atoms with van der Waals surface area (Å²) in [5.41, 5.74) is 1.67. The predicted molar refractivity (Wildman–Crippen MR) is 100 cm³/mol. The number of sulfone groups is 1. The van der Waals surface area contributed by atoms with Crippen LogP contribution < -0.4 is 5.32 Å². The first-order valence-corrected chi connectivity index (χ1v) is 9.81. The molecule has 0 aliphatic carbocycles. The van der Waals surface area contributed by atoms with Gasteiger partial charge in [0.2, 0.25) is 0 Å². The highest BCUT2D eigenvalue weighted by Crippen LogP contribution is 2.23. The van der Waals surface area contributed by atoms with Crippen molar-refractivity contribution in [3.63, 3.8) is 0 Å². The van der Waals surface area contributed by atoms with Crippen LogP contribution in [0.2, 0.25) is 5.02 Å². The molecule has 5 nitrogen and oxygen atoms in total. The van der Waals surface area contributed by atoms with Crippen molar-refractivity contribution in [2.45, 2.75) is 17.6 Å². The van der Waals surface area contributed by atoms with Gasteiger partial charge in [0.05, 0.1) is 16.9 Å². The zero-order chi connectivity index (χ0) is 18.7. The molecule has 1 aromatic heterocycles. The molecule has 3 rings (SSSR count). The standard InChI is InChI=1S/C19H16ClNO4S/c1-13-11-15(20)7-8-17(13)21-19(22)18-14(9-10-25-18)12-26(23,24)16-5-3-2-4-6-16/h2-11H,12H2,1H3,(H,21,22). The maximum absolute atomic E-state index is 12.5. The number of amides is 1. The lowest BCUT2D eigenvalue weighted by atomic mass is 10.2. The van der Waals surface area contributed by atoms with Crippen molar-refractivity contribution >= 4 is 33.0 Å². The number of hydrogen-bond acceptors (Lipinski definition) is 4. The van der Waals surface area contributed by atoms with E-state index < -0.39 is 15.7 Å². The van der Waals surface area contributed by atoms with Crippen LogP contribution in [0.4, 0.5) is 5.69 Å². The first-order valence-electron chi connectivity index (χ1n) is 7.78. The normalized spacial score (nSPS) is 11.3. The van der Waals surface area contributed by atoms with Crippen LogP contribution in [0.25, 0.3) is 0 Å². The van der Waals surface area contributed by atoms with Gasteiger partial charge in [-0.15, -0.1) is 0 Å². The fourth-order valence-electron chi connectivity index (χ4n) is 2.51. The Bertz CT molecular complexity index is 1040. The molecule has 1 amide bonds. The van der Waals surface area contributed by atoms with Crippen molar-refractivity contribution < 1.29 is 17.6 Å². The Morgan fingerprint density at radius 2 is 1.85 bits per heavy atom. The molecule has 0 aliphatic rings. The molecule has 2 aromatic carbocycles. The minimum atomic E-state index is -3.58. The van der Waals surface area contributed by atoms with Crippen LogP contribution in [0.3, 0.4) is 0 Å². The number of furan rings is 1. The molecule has 3 aromatic rings. The third-order valence-electron chi connectivity index (χ3n) is 3.84. The summed E-state index contributed by atoms with van der Waals surface area (Å²) in [6.45, 7) is 1.81. The quantitative estimate of drug-likeness (QED) is 0.698. The van der Waals surface area contributed by atoms with Crippen LogP contribution in [0.5, 0.6) is 0 Å². The van der Waals surface area contributed by atoms with Gasteiger partial charge in [-0.1, -0.05) is 29.8 Å². The number of carbonyl (C=O) groups excluding carboxylic acids is 1. The molecule has 0 unspecified atom stereocenters. The number of nitrogens with one attached hydrogen (secondary N) is 1. The molecule has 7 heteroatoms. The number of benzene rings is 2. The first-order chi connectivity index (χ1) is 12.4. The molecule has 134 valence electrons. The molecule has 0 saturated carbocycles. The van der Waals surface area contributed by atoms with E-state index in [0.29, 0.717) is 16.3 Å². The van der Waals surface area contributed by atoms with Gasteiger partial charge in [-0.25, -0.2) is 8.42 Å². The second-order valence-electron chi connectivity index (χ2n) is 5.76. The van der Waals surface area contributed by atoms with E-state index in [0.717, 1.165) is 5.56 Å². The highest BCUT2D eigenvalue weighted by atomic mass is 35.5. The molecule has 1 N–H and O–H groups in total. The zero-order valence-electron chi connectivity index (χ0n) is 13.9. The van der Waals surface area contributed by atoms with Crippen LogP contribution in [0, 0.1) is 6.92 Å². The van der Waals surface area contributed by atoms with E-state index in [-0.39, 0.29) is 16.4 Å². The Morgan fingerprint density at radius 1 is 1.12 bits per heavy atom. The minimum Gasteiger partial charge on any atom is -0.459 e. The molecule has 0 atom stereocenters. The van der Waals surface area contributed by atoms with Gasteiger partial charge in [0.1, 0.15) is 0 Å². The Balaban J connectivity index is 1.83. The lowest BCUT2D eigenvalue weighted by Gasteiger charge is -2.09. The van der Waals surface area contributed by atoms with Crippen molar-refractivity contribution in [3.05, 3.63) is 82.8 Å². The summed E-state index contributed by atoms with van der Waals surface area (Å²) in [7, 11) is -3.58. The zero-order valence-corrected chi connectivity index (χ0v) is 15.5. The molecule has 0 saturated heterocycles. The van der Waals surface area contributed by atoms with Crippen molar-refractivity contribution in [1.82, 2.24) is 0 Å². The molecule has 0 aliphatic heterocycles. The Morgan fingerprint density at radius 3 is 2.54 bits per heavy atom. The molecular weight excluding hydrogens is 374 g/mol. The monoisotopic (exact) mass is 389 g/mol. The lowest BCUT2D eigenvalue weighted by Crippen LogP contribution is -2.15. The van der Waals surface area contributed by atoms with E-state index in [9.17, 15) is 13.2 Å². The van der Waals surface area contributed by atoms with Crippen molar-refractivity contribution in [3.8, 4) is 0 Å². The maximum Gasteiger partial charge on any atom is 0.291 e. The highest BCUT2D eigenvalue weighted by molar-refractivity contribution is 7.90. The maximum atomic E-state index is 12.5.